The van der Waals surface area contributed by atoms with Crippen LogP contribution in [0.5, 0.6) is 17.2 Å². The van der Waals surface area contributed by atoms with E-state index in [0.29, 0.717) is 5.56 Å². The van der Waals surface area contributed by atoms with Crippen LogP contribution in [0.4, 0.5) is 8.78 Å². The number of esters is 2. The topological polar surface area (TPSA) is 71.1 Å². The molecule has 0 spiro atoms. The minimum absolute atomic E-state index is 0.0140. The molecule has 0 amide bonds. The number of rotatable bonds is 7. The maximum absolute atomic E-state index is 12.1. The summed E-state index contributed by atoms with van der Waals surface area (Å²) >= 11 is 0. The van der Waals surface area contributed by atoms with Crippen LogP contribution in [-0.2, 0) is 9.53 Å². The summed E-state index contributed by atoms with van der Waals surface area (Å²) in [7, 11) is 2.62. The molecule has 0 aromatic heterocycles. The van der Waals surface area contributed by atoms with Crippen molar-refractivity contribution in [2.75, 3.05) is 14.2 Å². The SMILES string of the molecule is COC(=O)c1ccc(OC(=O)/C=C/c2ccc(OC(F)F)cc2)c(OC)c1. The Labute approximate surface area is 153 Å². The lowest BCUT2D eigenvalue weighted by molar-refractivity contribution is -0.129. The fourth-order valence-electron chi connectivity index (χ4n) is 2.06. The van der Waals surface area contributed by atoms with Gasteiger partial charge in [-0.25, -0.2) is 9.59 Å². The Balaban J connectivity index is 2.04. The van der Waals surface area contributed by atoms with E-state index in [4.69, 9.17) is 9.47 Å². The fraction of sp³-hybridized carbons (Fsp3) is 0.158. The van der Waals surface area contributed by atoms with Gasteiger partial charge in [0, 0.05) is 6.08 Å². The molecule has 27 heavy (non-hydrogen) atoms. The van der Waals surface area contributed by atoms with Crippen LogP contribution in [0.15, 0.2) is 48.5 Å². The highest BCUT2D eigenvalue weighted by Gasteiger charge is 2.13. The summed E-state index contributed by atoms with van der Waals surface area (Å²) in [6, 6.07) is 9.95. The Morgan fingerprint density at radius 3 is 2.30 bits per heavy atom. The minimum Gasteiger partial charge on any atom is -0.493 e. The van der Waals surface area contributed by atoms with Crippen molar-refractivity contribution < 1.29 is 37.3 Å². The molecule has 0 N–H and O–H groups in total. The third-order valence-electron chi connectivity index (χ3n) is 3.31. The zero-order valence-electron chi connectivity index (χ0n) is 14.5. The molecule has 2 aromatic rings. The van der Waals surface area contributed by atoms with Gasteiger partial charge in [0.1, 0.15) is 5.75 Å². The van der Waals surface area contributed by atoms with Gasteiger partial charge in [0.05, 0.1) is 19.8 Å². The molecule has 0 aliphatic rings. The summed E-state index contributed by atoms with van der Waals surface area (Å²) in [4.78, 5) is 23.5. The van der Waals surface area contributed by atoms with E-state index in [1.807, 2.05) is 0 Å². The van der Waals surface area contributed by atoms with Gasteiger partial charge in [-0.05, 0) is 42.0 Å². The maximum Gasteiger partial charge on any atom is 0.387 e. The summed E-state index contributed by atoms with van der Waals surface area (Å²) in [5.74, 6) is -0.911. The summed E-state index contributed by atoms with van der Waals surface area (Å²) in [6.45, 7) is -2.90. The molecule has 0 saturated heterocycles. The van der Waals surface area contributed by atoms with E-state index in [-0.39, 0.29) is 22.8 Å². The number of alkyl halides is 2. The maximum atomic E-state index is 12.1. The van der Waals surface area contributed by atoms with Crippen LogP contribution in [-0.4, -0.2) is 32.8 Å². The average molecular weight is 378 g/mol. The molecule has 0 unspecified atom stereocenters. The molecule has 0 saturated carbocycles. The van der Waals surface area contributed by atoms with E-state index in [9.17, 15) is 18.4 Å². The summed E-state index contributed by atoms with van der Waals surface area (Å²) in [5, 5.41) is 0. The van der Waals surface area contributed by atoms with Gasteiger partial charge in [-0.2, -0.15) is 8.78 Å². The molecule has 0 radical (unpaired) electrons. The molecule has 0 heterocycles. The van der Waals surface area contributed by atoms with Crippen LogP contribution in [0.2, 0.25) is 0 Å². The molecule has 2 rings (SSSR count). The highest BCUT2D eigenvalue weighted by molar-refractivity contribution is 5.91. The quantitative estimate of drug-likeness (QED) is 0.416. The number of benzene rings is 2. The van der Waals surface area contributed by atoms with Gasteiger partial charge in [-0.15, -0.1) is 0 Å². The Morgan fingerprint density at radius 2 is 1.70 bits per heavy atom. The normalized spacial score (nSPS) is 10.7. The van der Waals surface area contributed by atoms with E-state index in [2.05, 4.69) is 9.47 Å². The van der Waals surface area contributed by atoms with E-state index >= 15 is 0 Å². The van der Waals surface area contributed by atoms with Crippen molar-refractivity contribution in [3.8, 4) is 17.2 Å². The number of ether oxygens (including phenoxy) is 4. The predicted octanol–water partition coefficient (Wildman–Crippen LogP) is 3.70. The molecule has 2 aromatic carbocycles. The van der Waals surface area contributed by atoms with Gasteiger partial charge in [0.2, 0.25) is 0 Å². The van der Waals surface area contributed by atoms with Gasteiger partial charge in [-0.3, -0.25) is 0 Å². The van der Waals surface area contributed by atoms with E-state index < -0.39 is 18.6 Å². The van der Waals surface area contributed by atoms with Gasteiger partial charge < -0.3 is 18.9 Å². The van der Waals surface area contributed by atoms with Crippen LogP contribution in [0, 0.1) is 0 Å². The molecule has 0 fully saturated rings. The molecule has 0 atom stereocenters. The van der Waals surface area contributed by atoms with Crippen molar-refractivity contribution in [1.82, 2.24) is 0 Å². The summed E-state index contributed by atoms with van der Waals surface area (Å²) in [6.07, 6.45) is 2.61. The second kappa shape index (κ2) is 9.33. The van der Waals surface area contributed by atoms with Gasteiger partial charge in [-0.1, -0.05) is 12.1 Å². The molecule has 6 nitrogen and oxygen atoms in total. The van der Waals surface area contributed by atoms with Crippen LogP contribution >= 0.6 is 0 Å². The molecule has 142 valence electrons. The number of hydrogen-bond acceptors (Lipinski definition) is 6. The Bertz CT molecular complexity index is 831. The lowest BCUT2D eigenvalue weighted by Crippen LogP contribution is -2.07. The molecular weight excluding hydrogens is 362 g/mol. The number of carbonyl (C=O) groups excluding carboxylic acids is 2. The van der Waals surface area contributed by atoms with Crippen LogP contribution in [0.1, 0.15) is 15.9 Å². The number of halogens is 2. The third kappa shape index (κ3) is 5.81. The Hall–Kier alpha value is -3.42. The first-order valence-electron chi connectivity index (χ1n) is 7.64. The monoisotopic (exact) mass is 378 g/mol. The molecule has 0 bridgehead atoms. The highest BCUT2D eigenvalue weighted by Crippen LogP contribution is 2.28. The lowest BCUT2D eigenvalue weighted by Gasteiger charge is -2.09. The molecule has 8 heteroatoms. The molecule has 0 aliphatic heterocycles. The van der Waals surface area contributed by atoms with E-state index in [1.165, 1.54) is 62.8 Å². The Morgan fingerprint density at radius 1 is 1.00 bits per heavy atom. The number of methoxy groups -OCH3 is 2. The smallest absolute Gasteiger partial charge is 0.387 e. The van der Waals surface area contributed by atoms with Crippen molar-refractivity contribution >= 4 is 18.0 Å². The van der Waals surface area contributed by atoms with E-state index in [0.717, 1.165) is 6.08 Å². The highest BCUT2D eigenvalue weighted by atomic mass is 19.3. The lowest BCUT2D eigenvalue weighted by atomic mass is 10.2. The number of carbonyl (C=O) groups is 2. The Kier molecular flexibility index (Phi) is 6.87. The van der Waals surface area contributed by atoms with Gasteiger partial charge in [0.15, 0.2) is 11.5 Å². The summed E-state index contributed by atoms with van der Waals surface area (Å²) in [5.41, 5.74) is 0.831. The van der Waals surface area contributed by atoms with E-state index in [1.54, 1.807) is 0 Å². The number of hydrogen-bond donors (Lipinski definition) is 0. The predicted molar refractivity (Wildman–Crippen MR) is 92.1 cm³/mol. The van der Waals surface area contributed by atoms with Gasteiger partial charge in [0.25, 0.3) is 0 Å². The first-order valence-corrected chi connectivity index (χ1v) is 7.64. The fourth-order valence-corrected chi connectivity index (χ4v) is 2.06. The van der Waals surface area contributed by atoms with Crippen LogP contribution < -0.4 is 14.2 Å². The van der Waals surface area contributed by atoms with Crippen molar-refractivity contribution in [3.63, 3.8) is 0 Å². The first-order chi connectivity index (χ1) is 12.9. The minimum atomic E-state index is -2.90. The average Bonchev–Trinajstić information content (AvgIpc) is 2.66. The third-order valence-corrected chi connectivity index (χ3v) is 3.31. The van der Waals surface area contributed by atoms with Crippen molar-refractivity contribution in [3.05, 3.63) is 59.7 Å². The zero-order valence-corrected chi connectivity index (χ0v) is 14.5. The van der Waals surface area contributed by atoms with Crippen LogP contribution in [0.3, 0.4) is 0 Å². The first kappa shape index (κ1) is 19.9. The van der Waals surface area contributed by atoms with Crippen molar-refractivity contribution in [1.29, 1.82) is 0 Å². The second-order valence-electron chi connectivity index (χ2n) is 5.06. The molecule has 0 aliphatic carbocycles. The standard InChI is InChI=1S/C19H16F2O6/c1-24-16-11-13(18(23)25-2)6-9-15(16)27-17(22)10-5-12-3-7-14(8-4-12)26-19(20)21/h3-11,19H,1-2H3/b10-5+. The molecular formula is C19H16F2O6. The largest absolute Gasteiger partial charge is 0.493 e. The second-order valence-corrected chi connectivity index (χ2v) is 5.06. The zero-order chi connectivity index (χ0) is 19.8. The van der Waals surface area contributed by atoms with Crippen molar-refractivity contribution in [2.45, 2.75) is 6.61 Å². The van der Waals surface area contributed by atoms with Crippen molar-refractivity contribution in [2.24, 2.45) is 0 Å². The van der Waals surface area contributed by atoms with Crippen LogP contribution in [0.25, 0.3) is 6.08 Å². The summed E-state index contributed by atoms with van der Waals surface area (Å²) < 4.78 is 43.3. The van der Waals surface area contributed by atoms with Gasteiger partial charge >= 0.3 is 18.6 Å².